The van der Waals surface area contributed by atoms with Crippen LogP contribution in [0.25, 0.3) is 0 Å². The van der Waals surface area contributed by atoms with Crippen molar-refractivity contribution in [3.63, 3.8) is 0 Å². The molecule has 0 unspecified atom stereocenters. The molecular formula is C11H11BrF2N2O3. The Morgan fingerprint density at radius 1 is 1.37 bits per heavy atom. The number of aliphatic carboxylic acids is 1. The Bertz CT molecular complexity index is 488. The van der Waals surface area contributed by atoms with E-state index in [1.54, 1.807) is 6.92 Å². The van der Waals surface area contributed by atoms with Gasteiger partial charge in [-0.1, -0.05) is 22.9 Å². The van der Waals surface area contributed by atoms with Crippen molar-refractivity contribution in [1.82, 2.24) is 5.32 Å². The molecule has 3 N–H and O–H groups in total. The van der Waals surface area contributed by atoms with Crippen molar-refractivity contribution in [3.8, 4) is 0 Å². The summed E-state index contributed by atoms with van der Waals surface area (Å²) in [5.74, 6) is -3.16. The molecule has 0 aliphatic carbocycles. The Balaban J connectivity index is 2.80. The molecule has 1 atom stereocenters. The molecule has 1 aromatic carbocycles. The summed E-state index contributed by atoms with van der Waals surface area (Å²) < 4.78 is 27.0. The molecule has 0 aliphatic heterocycles. The highest BCUT2D eigenvalue weighted by atomic mass is 79.9. The van der Waals surface area contributed by atoms with Gasteiger partial charge in [-0.3, -0.25) is 0 Å². The van der Waals surface area contributed by atoms with E-state index in [1.807, 2.05) is 5.32 Å². The minimum atomic E-state index is -1.23. The van der Waals surface area contributed by atoms with Gasteiger partial charge < -0.3 is 15.7 Å². The lowest BCUT2D eigenvalue weighted by atomic mass is 10.2. The molecule has 5 nitrogen and oxygen atoms in total. The number of hydrogen-bond donors (Lipinski definition) is 3. The number of carbonyl (C=O) groups is 2. The van der Waals surface area contributed by atoms with Crippen LogP contribution in [-0.2, 0) is 4.79 Å². The number of nitrogens with one attached hydrogen (secondary N) is 2. The molecule has 1 aromatic rings. The molecule has 0 fully saturated rings. The van der Waals surface area contributed by atoms with Gasteiger partial charge in [0.05, 0.1) is 0 Å². The molecule has 1 rings (SSSR count). The standard InChI is InChI=1S/C11H11BrF2N2O3/c1-2-8(10(17)18)15-11(19)16-9-6(13)3-5(12)4-7(9)14/h3-4,8H,2H2,1H3,(H,17,18)(H2,15,16,19)/t8-/m0/s1. The van der Waals surface area contributed by atoms with E-state index in [9.17, 15) is 18.4 Å². The van der Waals surface area contributed by atoms with Gasteiger partial charge in [0.25, 0.3) is 0 Å². The Morgan fingerprint density at radius 2 is 1.89 bits per heavy atom. The average molecular weight is 337 g/mol. The molecule has 0 aromatic heterocycles. The first kappa shape index (κ1) is 15.4. The molecule has 0 aliphatic rings. The van der Waals surface area contributed by atoms with Gasteiger partial charge in [0.1, 0.15) is 11.7 Å². The fourth-order valence-electron chi connectivity index (χ4n) is 1.31. The molecule has 0 saturated heterocycles. The number of urea groups is 1. The van der Waals surface area contributed by atoms with E-state index in [1.165, 1.54) is 0 Å². The smallest absolute Gasteiger partial charge is 0.326 e. The van der Waals surface area contributed by atoms with Gasteiger partial charge in [-0.25, -0.2) is 18.4 Å². The van der Waals surface area contributed by atoms with Crippen molar-refractivity contribution in [2.45, 2.75) is 19.4 Å². The van der Waals surface area contributed by atoms with Gasteiger partial charge in [0.15, 0.2) is 11.6 Å². The quantitative estimate of drug-likeness (QED) is 0.790. The molecule has 0 radical (unpaired) electrons. The zero-order chi connectivity index (χ0) is 14.6. The van der Waals surface area contributed by atoms with Crippen LogP contribution in [0.1, 0.15) is 13.3 Å². The number of carboxylic acids is 1. The highest BCUT2D eigenvalue weighted by Crippen LogP contribution is 2.23. The van der Waals surface area contributed by atoms with Crippen molar-refractivity contribution in [2.75, 3.05) is 5.32 Å². The maximum Gasteiger partial charge on any atom is 0.326 e. The molecule has 104 valence electrons. The highest BCUT2D eigenvalue weighted by molar-refractivity contribution is 9.10. The van der Waals surface area contributed by atoms with Crippen LogP contribution in [0.2, 0.25) is 0 Å². The van der Waals surface area contributed by atoms with E-state index >= 15 is 0 Å². The van der Waals surface area contributed by atoms with Crippen LogP contribution in [0, 0.1) is 11.6 Å². The second kappa shape index (κ2) is 6.46. The first-order valence-corrected chi connectivity index (χ1v) is 6.09. The summed E-state index contributed by atoms with van der Waals surface area (Å²) in [6, 6.07) is -0.156. The number of hydrogen-bond acceptors (Lipinski definition) is 2. The lowest BCUT2D eigenvalue weighted by molar-refractivity contribution is -0.139. The van der Waals surface area contributed by atoms with Crippen molar-refractivity contribution in [2.24, 2.45) is 0 Å². The summed E-state index contributed by atoms with van der Waals surface area (Å²) in [6.07, 6.45) is 0.147. The molecule has 0 saturated carbocycles. The van der Waals surface area contributed by atoms with Crippen LogP contribution in [-0.4, -0.2) is 23.1 Å². The van der Waals surface area contributed by atoms with Crippen LogP contribution < -0.4 is 10.6 Å². The lowest BCUT2D eigenvalue weighted by Gasteiger charge is -2.14. The number of halogens is 3. The summed E-state index contributed by atoms with van der Waals surface area (Å²) >= 11 is 2.90. The summed E-state index contributed by atoms with van der Waals surface area (Å²) in [6.45, 7) is 1.56. The summed E-state index contributed by atoms with van der Waals surface area (Å²) in [7, 11) is 0. The first-order chi connectivity index (χ1) is 8.85. The van der Waals surface area contributed by atoms with Gasteiger partial charge >= 0.3 is 12.0 Å². The molecule has 8 heteroatoms. The van der Waals surface area contributed by atoms with Crippen LogP contribution in [0.4, 0.5) is 19.3 Å². The Hall–Kier alpha value is -1.70. The summed E-state index contributed by atoms with van der Waals surface area (Å²) in [5, 5.41) is 12.8. The molecule has 2 amide bonds. The Morgan fingerprint density at radius 3 is 2.32 bits per heavy atom. The van der Waals surface area contributed by atoms with Gasteiger partial charge in [-0.05, 0) is 18.6 Å². The number of rotatable bonds is 4. The normalized spacial score (nSPS) is 11.8. The van der Waals surface area contributed by atoms with E-state index < -0.39 is 35.4 Å². The van der Waals surface area contributed by atoms with E-state index in [0.29, 0.717) is 0 Å². The average Bonchev–Trinajstić information content (AvgIpc) is 2.30. The Labute approximate surface area is 116 Å². The van der Waals surface area contributed by atoms with Crippen LogP contribution in [0.3, 0.4) is 0 Å². The van der Waals surface area contributed by atoms with Crippen LogP contribution in [0.15, 0.2) is 16.6 Å². The fourth-order valence-corrected chi connectivity index (χ4v) is 1.71. The largest absolute Gasteiger partial charge is 0.480 e. The third kappa shape index (κ3) is 4.16. The second-order valence-electron chi connectivity index (χ2n) is 3.64. The Kier molecular flexibility index (Phi) is 5.22. The molecule has 0 heterocycles. The third-order valence-electron chi connectivity index (χ3n) is 2.26. The van der Waals surface area contributed by atoms with Gasteiger partial charge in [0, 0.05) is 4.47 Å². The van der Waals surface area contributed by atoms with E-state index in [2.05, 4.69) is 21.2 Å². The molecule has 0 spiro atoms. The number of amides is 2. The number of anilines is 1. The maximum absolute atomic E-state index is 13.4. The highest BCUT2D eigenvalue weighted by Gasteiger charge is 2.19. The zero-order valence-electron chi connectivity index (χ0n) is 9.84. The predicted octanol–water partition coefficient (Wildman–Crippen LogP) is 2.71. The van der Waals surface area contributed by atoms with Crippen LogP contribution in [0.5, 0.6) is 0 Å². The first-order valence-electron chi connectivity index (χ1n) is 5.30. The van der Waals surface area contributed by atoms with Gasteiger partial charge in [0.2, 0.25) is 0 Å². The SMILES string of the molecule is CC[C@H](NC(=O)Nc1c(F)cc(Br)cc1F)C(=O)O. The van der Waals surface area contributed by atoms with Crippen molar-refractivity contribution in [3.05, 3.63) is 28.2 Å². The monoisotopic (exact) mass is 336 g/mol. The topological polar surface area (TPSA) is 78.4 Å². The number of carboxylic acid groups (broad SMARTS) is 1. The lowest BCUT2D eigenvalue weighted by Crippen LogP contribution is -2.42. The van der Waals surface area contributed by atoms with Crippen molar-refractivity contribution in [1.29, 1.82) is 0 Å². The fraction of sp³-hybridized carbons (Fsp3) is 0.273. The van der Waals surface area contributed by atoms with Crippen molar-refractivity contribution >= 4 is 33.6 Å². The summed E-state index contributed by atoms with van der Waals surface area (Å²) in [4.78, 5) is 22.1. The number of carbonyl (C=O) groups excluding carboxylic acids is 1. The van der Waals surface area contributed by atoms with E-state index in [0.717, 1.165) is 12.1 Å². The predicted molar refractivity (Wildman–Crippen MR) is 67.9 cm³/mol. The molecule has 0 bridgehead atoms. The van der Waals surface area contributed by atoms with E-state index in [4.69, 9.17) is 5.11 Å². The maximum atomic E-state index is 13.4. The van der Waals surface area contributed by atoms with Gasteiger partial charge in [-0.15, -0.1) is 0 Å². The molecular weight excluding hydrogens is 326 g/mol. The van der Waals surface area contributed by atoms with Crippen molar-refractivity contribution < 1.29 is 23.5 Å². The minimum Gasteiger partial charge on any atom is -0.480 e. The van der Waals surface area contributed by atoms with Crippen LogP contribution >= 0.6 is 15.9 Å². The number of benzene rings is 1. The zero-order valence-corrected chi connectivity index (χ0v) is 11.4. The second-order valence-corrected chi connectivity index (χ2v) is 4.56. The molecule has 19 heavy (non-hydrogen) atoms. The van der Waals surface area contributed by atoms with Gasteiger partial charge in [-0.2, -0.15) is 0 Å². The van der Waals surface area contributed by atoms with E-state index in [-0.39, 0.29) is 10.9 Å². The minimum absolute atomic E-state index is 0.147. The third-order valence-corrected chi connectivity index (χ3v) is 2.71. The summed E-state index contributed by atoms with van der Waals surface area (Å²) in [5.41, 5.74) is -0.638.